The van der Waals surface area contributed by atoms with Crippen LogP contribution in [0.5, 0.6) is 0 Å². The summed E-state index contributed by atoms with van der Waals surface area (Å²) in [4.78, 5) is 0. The lowest BCUT2D eigenvalue weighted by atomic mass is 10.7. The van der Waals surface area contributed by atoms with E-state index in [0.717, 1.165) is 13.2 Å². The van der Waals surface area contributed by atoms with Gasteiger partial charge in [0.2, 0.25) is 0 Å². The summed E-state index contributed by atoms with van der Waals surface area (Å²) in [7, 11) is 0. The SMILES string of the molecule is [CH]1CNCN1. The van der Waals surface area contributed by atoms with Gasteiger partial charge in [0.25, 0.3) is 0 Å². The van der Waals surface area contributed by atoms with Gasteiger partial charge in [-0.2, -0.15) is 0 Å². The molecule has 1 heterocycles. The molecule has 5 heavy (non-hydrogen) atoms. The number of nitrogens with one attached hydrogen (secondary N) is 2. The van der Waals surface area contributed by atoms with Crippen LogP contribution in [0.3, 0.4) is 0 Å². The van der Waals surface area contributed by atoms with Crippen LogP contribution in [-0.4, -0.2) is 13.2 Å². The van der Waals surface area contributed by atoms with Crippen molar-refractivity contribution in [2.75, 3.05) is 13.2 Å². The fourth-order valence-electron chi connectivity index (χ4n) is 0.361. The van der Waals surface area contributed by atoms with Crippen molar-refractivity contribution < 1.29 is 0 Å². The first-order valence-electron chi connectivity index (χ1n) is 1.76. The predicted octanol–water partition coefficient (Wildman–Crippen LogP) is -0.702. The summed E-state index contributed by atoms with van der Waals surface area (Å²) in [6.07, 6.45) is 0. The molecule has 0 saturated carbocycles. The average molecular weight is 71.1 g/mol. The highest BCUT2D eigenvalue weighted by Gasteiger charge is 1.91. The van der Waals surface area contributed by atoms with E-state index in [-0.39, 0.29) is 0 Å². The Morgan fingerprint density at radius 2 is 2.60 bits per heavy atom. The van der Waals surface area contributed by atoms with Crippen molar-refractivity contribution in [3.8, 4) is 0 Å². The smallest absolute Gasteiger partial charge is 0.0457 e. The van der Waals surface area contributed by atoms with Crippen LogP contribution < -0.4 is 10.6 Å². The van der Waals surface area contributed by atoms with Crippen molar-refractivity contribution in [3.63, 3.8) is 0 Å². The van der Waals surface area contributed by atoms with Crippen LogP contribution in [-0.2, 0) is 0 Å². The van der Waals surface area contributed by atoms with Gasteiger partial charge in [0.15, 0.2) is 0 Å². The fraction of sp³-hybridized carbons (Fsp3) is 0.667. The van der Waals surface area contributed by atoms with Crippen LogP contribution in [0.15, 0.2) is 0 Å². The number of hydrogen-bond donors (Lipinski definition) is 2. The molecule has 0 bridgehead atoms. The molecular formula is C3H7N2. The molecule has 2 heteroatoms. The normalized spacial score (nSPS) is 24.0. The van der Waals surface area contributed by atoms with Gasteiger partial charge in [0.1, 0.15) is 0 Å². The molecule has 1 rings (SSSR count). The van der Waals surface area contributed by atoms with Gasteiger partial charge in [-0.1, -0.05) is 0 Å². The molecule has 0 aromatic heterocycles. The lowest BCUT2D eigenvalue weighted by Crippen LogP contribution is -2.10. The van der Waals surface area contributed by atoms with Gasteiger partial charge in [-0.25, -0.2) is 0 Å². The van der Waals surface area contributed by atoms with Crippen molar-refractivity contribution in [2.24, 2.45) is 0 Å². The fourth-order valence-corrected chi connectivity index (χ4v) is 0.361. The monoisotopic (exact) mass is 71.1 g/mol. The van der Waals surface area contributed by atoms with Gasteiger partial charge in [0, 0.05) is 19.8 Å². The second-order valence-corrected chi connectivity index (χ2v) is 1.04. The van der Waals surface area contributed by atoms with Gasteiger partial charge in [0.05, 0.1) is 0 Å². The van der Waals surface area contributed by atoms with Crippen LogP contribution in [0.2, 0.25) is 0 Å². The third-order valence-corrected chi connectivity index (χ3v) is 0.618. The lowest BCUT2D eigenvalue weighted by molar-refractivity contribution is 0.814. The van der Waals surface area contributed by atoms with Gasteiger partial charge in [-0.3, -0.25) is 5.32 Å². The van der Waals surface area contributed by atoms with E-state index in [1.165, 1.54) is 0 Å². The van der Waals surface area contributed by atoms with E-state index in [1.807, 2.05) is 6.54 Å². The number of hydrogen-bond acceptors (Lipinski definition) is 2. The Balaban J connectivity index is 2.08. The molecule has 2 N–H and O–H groups in total. The zero-order valence-electron chi connectivity index (χ0n) is 2.99. The van der Waals surface area contributed by atoms with Crippen LogP contribution in [0.4, 0.5) is 0 Å². The molecule has 0 aromatic rings. The van der Waals surface area contributed by atoms with E-state index in [4.69, 9.17) is 0 Å². The van der Waals surface area contributed by atoms with E-state index in [0.29, 0.717) is 0 Å². The van der Waals surface area contributed by atoms with Gasteiger partial charge < -0.3 is 5.32 Å². The third kappa shape index (κ3) is 0.597. The van der Waals surface area contributed by atoms with Crippen molar-refractivity contribution >= 4 is 0 Å². The molecule has 1 radical (unpaired) electrons. The maximum atomic E-state index is 3.06. The first-order valence-corrected chi connectivity index (χ1v) is 1.76. The van der Waals surface area contributed by atoms with Crippen LogP contribution in [0.25, 0.3) is 0 Å². The highest BCUT2D eigenvalue weighted by atomic mass is 15.1. The summed E-state index contributed by atoms with van der Waals surface area (Å²) in [5.41, 5.74) is 0. The topological polar surface area (TPSA) is 24.1 Å². The van der Waals surface area contributed by atoms with E-state index in [1.54, 1.807) is 0 Å². The first kappa shape index (κ1) is 3.12. The minimum Gasteiger partial charge on any atom is -0.303 e. The Bertz CT molecular complexity index is 16.5. The average Bonchev–Trinajstić information content (AvgIpc) is 1.76. The summed E-state index contributed by atoms with van der Waals surface area (Å²) < 4.78 is 0. The second-order valence-electron chi connectivity index (χ2n) is 1.04. The molecule has 29 valence electrons. The molecule has 0 atom stereocenters. The Morgan fingerprint density at radius 1 is 1.60 bits per heavy atom. The van der Waals surface area contributed by atoms with Crippen LogP contribution >= 0.6 is 0 Å². The van der Waals surface area contributed by atoms with Crippen LogP contribution in [0, 0.1) is 6.54 Å². The molecule has 1 aliphatic heterocycles. The minimum absolute atomic E-state index is 0.944. The molecule has 0 aliphatic carbocycles. The maximum absolute atomic E-state index is 3.06. The van der Waals surface area contributed by atoms with Crippen molar-refractivity contribution in [2.45, 2.75) is 0 Å². The largest absolute Gasteiger partial charge is 0.303 e. The summed E-state index contributed by atoms with van der Waals surface area (Å²) >= 11 is 0. The summed E-state index contributed by atoms with van der Waals surface area (Å²) in [5, 5.41) is 6.04. The van der Waals surface area contributed by atoms with E-state index in [2.05, 4.69) is 10.6 Å². The van der Waals surface area contributed by atoms with Gasteiger partial charge in [-0.05, 0) is 0 Å². The zero-order chi connectivity index (χ0) is 3.54. The molecule has 0 unspecified atom stereocenters. The van der Waals surface area contributed by atoms with Crippen molar-refractivity contribution in [1.82, 2.24) is 10.6 Å². The molecule has 2 nitrogen and oxygen atoms in total. The highest BCUT2D eigenvalue weighted by molar-refractivity contribution is 4.70. The minimum atomic E-state index is 0.944. The Kier molecular flexibility index (Phi) is 0.862. The zero-order valence-corrected chi connectivity index (χ0v) is 2.99. The van der Waals surface area contributed by atoms with Crippen molar-refractivity contribution in [3.05, 3.63) is 6.54 Å². The van der Waals surface area contributed by atoms with Gasteiger partial charge >= 0.3 is 0 Å². The molecule has 1 saturated heterocycles. The molecule has 1 fully saturated rings. The summed E-state index contributed by atoms with van der Waals surface area (Å²) in [5.74, 6) is 0. The summed E-state index contributed by atoms with van der Waals surface area (Å²) in [6.45, 7) is 3.96. The molecular weight excluding hydrogens is 64.0 g/mol. The van der Waals surface area contributed by atoms with E-state index >= 15 is 0 Å². The first-order chi connectivity index (χ1) is 2.50. The Morgan fingerprint density at radius 3 is 2.80 bits per heavy atom. The predicted molar refractivity (Wildman–Crippen MR) is 20.3 cm³/mol. The van der Waals surface area contributed by atoms with E-state index < -0.39 is 0 Å². The van der Waals surface area contributed by atoms with Crippen LogP contribution in [0.1, 0.15) is 0 Å². The molecule has 1 aliphatic rings. The summed E-state index contributed by atoms with van der Waals surface area (Å²) in [6, 6.07) is 0. The Labute approximate surface area is 31.6 Å². The lowest BCUT2D eigenvalue weighted by Gasteiger charge is -1.76. The molecule has 0 aromatic carbocycles. The van der Waals surface area contributed by atoms with E-state index in [9.17, 15) is 0 Å². The van der Waals surface area contributed by atoms with Crippen molar-refractivity contribution in [1.29, 1.82) is 0 Å². The number of rotatable bonds is 0. The quantitative estimate of drug-likeness (QED) is 0.394. The highest BCUT2D eigenvalue weighted by Crippen LogP contribution is 1.69. The molecule has 0 amide bonds. The third-order valence-electron chi connectivity index (χ3n) is 0.618. The second kappa shape index (κ2) is 1.38. The Hall–Kier alpha value is -0.0800. The maximum Gasteiger partial charge on any atom is 0.0457 e. The molecule has 0 spiro atoms. The van der Waals surface area contributed by atoms with Gasteiger partial charge in [-0.15, -0.1) is 0 Å². The standard InChI is InChI=1S/C3H7N2/c1-2-5-3-4-1/h1,4-5H,2-3H2.